The lowest BCUT2D eigenvalue weighted by molar-refractivity contribution is 0.238. The summed E-state index contributed by atoms with van der Waals surface area (Å²) in [6.07, 6.45) is 0.768. The summed E-state index contributed by atoms with van der Waals surface area (Å²) in [6.45, 7) is 2.21. The molecule has 0 aromatic rings. The molecule has 0 saturated heterocycles. The van der Waals surface area contributed by atoms with Crippen LogP contribution < -0.4 is 0 Å². The largest absolute Gasteiger partial charge is 0.412 e. The first kappa shape index (κ1) is 13.6. The van der Waals surface area contributed by atoms with Crippen molar-refractivity contribution >= 4 is 8.56 Å². The molecule has 0 aromatic carbocycles. The molecule has 0 amide bonds. The summed E-state index contributed by atoms with van der Waals surface area (Å²) in [5.74, 6) is 0. The van der Waals surface area contributed by atoms with Gasteiger partial charge in [0.15, 0.2) is 0 Å². The van der Waals surface area contributed by atoms with Crippen LogP contribution in [0.4, 0.5) is 0 Å². The van der Waals surface area contributed by atoms with Gasteiger partial charge < -0.3 is 19.4 Å². The molecule has 0 rings (SSSR count). The molecule has 0 unspecified atom stereocenters. The van der Waals surface area contributed by atoms with Crippen LogP contribution in [0.25, 0.3) is 0 Å². The Labute approximate surface area is 68.7 Å². The van der Waals surface area contributed by atoms with Crippen molar-refractivity contribution in [2.75, 3.05) is 20.8 Å². The third-order valence-electron chi connectivity index (χ3n) is 1.65. The summed E-state index contributed by atoms with van der Waals surface area (Å²) in [5, 5.41) is 8.53. The van der Waals surface area contributed by atoms with E-state index >= 15 is 0 Å². The molecule has 0 atom stereocenters. The zero-order chi connectivity index (χ0) is 8.04. The van der Waals surface area contributed by atoms with Gasteiger partial charge in [-0.25, -0.2) is 0 Å². The maximum atomic E-state index is 8.53. The van der Waals surface area contributed by atoms with Crippen LogP contribution >= 0.6 is 0 Å². The maximum absolute atomic E-state index is 8.53. The minimum atomic E-state index is -1.88. The van der Waals surface area contributed by atoms with Gasteiger partial charge in [-0.3, -0.25) is 0 Å². The fourth-order valence-corrected chi connectivity index (χ4v) is 2.06. The third-order valence-corrected chi connectivity index (χ3v) is 4.64. The van der Waals surface area contributed by atoms with Crippen LogP contribution in [0.1, 0.15) is 6.42 Å². The number of aliphatic hydroxyl groups excluding tert-OH is 1. The smallest absolute Gasteiger partial charge is 0.334 e. The highest BCUT2D eigenvalue weighted by atomic mass is 28.4. The fraction of sp³-hybridized carbons (Fsp3) is 1.00. The molecule has 0 aliphatic heterocycles. The van der Waals surface area contributed by atoms with Gasteiger partial charge >= 0.3 is 8.56 Å². The van der Waals surface area contributed by atoms with Gasteiger partial charge in [0.05, 0.1) is 0 Å². The zero-order valence-electron chi connectivity index (χ0n) is 7.39. The van der Waals surface area contributed by atoms with Gasteiger partial charge in [-0.15, -0.1) is 0 Å². The molecule has 4 nitrogen and oxygen atoms in total. The quantitative estimate of drug-likeness (QED) is 0.604. The van der Waals surface area contributed by atoms with E-state index in [9.17, 15) is 0 Å². The molecular weight excluding hydrogens is 164 g/mol. The molecule has 0 saturated carbocycles. The SMILES string of the molecule is CO[Si](C)(CCCO)OC.O. The van der Waals surface area contributed by atoms with Crippen molar-refractivity contribution in [3.8, 4) is 0 Å². The predicted molar refractivity (Wildman–Crippen MR) is 45.8 cm³/mol. The van der Waals surface area contributed by atoms with Crippen molar-refractivity contribution in [3.05, 3.63) is 0 Å². The third kappa shape index (κ3) is 5.34. The molecular formula is C6H18O4Si. The number of rotatable bonds is 5. The predicted octanol–water partition coefficient (Wildman–Crippen LogP) is -0.0911. The van der Waals surface area contributed by atoms with Crippen LogP contribution in [0.15, 0.2) is 0 Å². The first-order valence-electron chi connectivity index (χ1n) is 3.39. The van der Waals surface area contributed by atoms with Gasteiger partial charge in [0.1, 0.15) is 0 Å². The van der Waals surface area contributed by atoms with E-state index in [0.29, 0.717) is 0 Å². The highest BCUT2D eigenvalue weighted by molar-refractivity contribution is 6.65. The lowest BCUT2D eigenvalue weighted by Crippen LogP contribution is -2.35. The van der Waals surface area contributed by atoms with E-state index < -0.39 is 8.56 Å². The van der Waals surface area contributed by atoms with Gasteiger partial charge in [-0.1, -0.05) is 0 Å². The van der Waals surface area contributed by atoms with Gasteiger partial charge in [-0.2, -0.15) is 0 Å². The van der Waals surface area contributed by atoms with Crippen LogP contribution in [0.3, 0.4) is 0 Å². The minimum absolute atomic E-state index is 0. The Morgan fingerprint density at radius 2 is 1.73 bits per heavy atom. The summed E-state index contributed by atoms with van der Waals surface area (Å²) < 4.78 is 10.4. The maximum Gasteiger partial charge on any atom is 0.334 e. The Kier molecular flexibility index (Phi) is 8.36. The first-order valence-corrected chi connectivity index (χ1v) is 5.92. The second-order valence-corrected chi connectivity index (χ2v) is 5.95. The van der Waals surface area contributed by atoms with E-state index in [-0.39, 0.29) is 12.1 Å². The minimum Gasteiger partial charge on any atom is -0.412 e. The van der Waals surface area contributed by atoms with Crippen LogP contribution in [0.5, 0.6) is 0 Å². The van der Waals surface area contributed by atoms with Crippen LogP contribution in [0, 0.1) is 0 Å². The molecule has 0 fully saturated rings. The van der Waals surface area contributed by atoms with Crippen LogP contribution in [-0.4, -0.2) is 40.0 Å². The van der Waals surface area contributed by atoms with Crippen molar-refractivity contribution < 1.29 is 19.4 Å². The zero-order valence-corrected chi connectivity index (χ0v) is 8.39. The lowest BCUT2D eigenvalue weighted by atomic mass is 10.5. The number of aliphatic hydroxyl groups is 1. The average Bonchev–Trinajstić information content (AvgIpc) is 2.00. The Bertz CT molecular complexity index is 84.7. The van der Waals surface area contributed by atoms with Crippen molar-refractivity contribution in [1.82, 2.24) is 0 Å². The molecule has 0 aliphatic carbocycles. The Morgan fingerprint density at radius 3 is 2.00 bits per heavy atom. The highest BCUT2D eigenvalue weighted by Crippen LogP contribution is 2.12. The molecule has 0 heterocycles. The molecule has 0 aromatic heterocycles. The molecule has 70 valence electrons. The van der Waals surface area contributed by atoms with E-state index in [1.165, 1.54) is 0 Å². The molecule has 3 N–H and O–H groups in total. The van der Waals surface area contributed by atoms with E-state index in [4.69, 9.17) is 14.0 Å². The summed E-state index contributed by atoms with van der Waals surface area (Å²) in [4.78, 5) is 0. The van der Waals surface area contributed by atoms with E-state index in [2.05, 4.69) is 0 Å². The standard InChI is InChI=1S/C6H16O3Si.H2O/c1-8-10(3,9-2)6-4-5-7;/h7H,4-6H2,1-3H3;1H2. The van der Waals surface area contributed by atoms with Crippen molar-refractivity contribution in [3.63, 3.8) is 0 Å². The molecule has 0 radical (unpaired) electrons. The number of hydrogen-bond acceptors (Lipinski definition) is 3. The van der Waals surface area contributed by atoms with E-state index in [1.54, 1.807) is 14.2 Å². The Morgan fingerprint density at radius 1 is 1.27 bits per heavy atom. The van der Waals surface area contributed by atoms with E-state index in [1.807, 2.05) is 6.55 Å². The Hall–Kier alpha value is 0.0569. The van der Waals surface area contributed by atoms with Crippen molar-refractivity contribution in [2.45, 2.75) is 19.0 Å². The van der Waals surface area contributed by atoms with Gasteiger partial charge in [0.2, 0.25) is 0 Å². The first-order chi connectivity index (χ1) is 4.68. The monoisotopic (exact) mass is 182 g/mol. The topological polar surface area (TPSA) is 70.2 Å². The van der Waals surface area contributed by atoms with Crippen LogP contribution in [-0.2, 0) is 8.85 Å². The second kappa shape index (κ2) is 6.75. The van der Waals surface area contributed by atoms with Gasteiger partial charge in [0.25, 0.3) is 0 Å². The Balaban J connectivity index is 0. The van der Waals surface area contributed by atoms with E-state index in [0.717, 1.165) is 12.5 Å². The van der Waals surface area contributed by atoms with Crippen molar-refractivity contribution in [1.29, 1.82) is 0 Å². The molecule has 5 heteroatoms. The van der Waals surface area contributed by atoms with Gasteiger partial charge in [0, 0.05) is 20.8 Å². The summed E-state index contributed by atoms with van der Waals surface area (Å²) in [7, 11) is 1.44. The fourth-order valence-electron chi connectivity index (χ4n) is 0.688. The lowest BCUT2D eigenvalue weighted by Gasteiger charge is -2.21. The second-order valence-electron chi connectivity index (χ2n) is 2.37. The highest BCUT2D eigenvalue weighted by Gasteiger charge is 2.27. The molecule has 0 aliphatic rings. The molecule has 0 spiro atoms. The number of hydrogen-bond donors (Lipinski definition) is 1. The summed E-state index contributed by atoms with van der Waals surface area (Å²) in [6, 6.07) is 0.858. The summed E-state index contributed by atoms with van der Waals surface area (Å²) in [5.41, 5.74) is 0. The van der Waals surface area contributed by atoms with Crippen LogP contribution in [0.2, 0.25) is 12.6 Å². The van der Waals surface area contributed by atoms with Crippen molar-refractivity contribution in [2.24, 2.45) is 0 Å². The normalized spacial score (nSPS) is 10.9. The van der Waals surface area contributed by atoms with Gasteiger partial charge in [-0.05, 0) is 19.0 Å². The summed E-state index contributed by atoms with van der Waals surface area (Å²) >= 11 is 0. The molecule has 0 bridgehead atoms. The molecule has 11 heavy (non-hydrogen) atoms. The average molecular weight is 182 g/mol.